The summed E-state index contributed by atoms with van der Waals surface area (Å²) in [6.45, 7) is 19.7. The van der Waals surface area contributed by atoms with Gasteiger partial charge in [-0.3, -0.25) is 29.3 Å². The van der Waals surface area contributed by atoms with Crippen LogP contribution in [-0.2, 0) is 39.3 Å². The Morgan fingerprint density at radius 3 is 1.27 bits per heavy atom. The number of likely N-dealkylation sites (N-methyl/N-ethyl adjacent to an activating group) is 1. The van der Waals surface area contributed by atoms with E-state index in [2.05, 4.69) is 60.4 Å². The quantitative estimate of drug-likeness (QED) is 0.0475. The number of nitrogens with zero attached hydrogens (tertiary/aromatic N) is 10. The van der Waals surface area contributed by atoms with E-state index in [1.54, 1.807) is 0 Å². The molecule has 89 heavy (non-hydrogen) atoms. The third kappa shape index (κ3) is 14.6. The van der Waals surface area contributed by atoms with Crippen molar-refractivity contribution in [2.75, 3.05) is 26.7 Å². The van der Waals surface area contributed by atoms with Crippen LogP contribution in [0.2, 0.25) is 15.1 Å². The predicted molar refractivity (Wildman–Crippen MR) is 350 cm³/mol. The highest BCUT2D eigenvalue weighted by molar-refractivity contribution is 6.31. The summed E-state index contributed by atoms with van der Waals surface area (Å²) in [7, 11) is 2.02. The Bertz CT molecular complexity index is 4920. The Balaban J connectivity index is 0.000000147. The highest BCUT2D eigenvalue weighted by Gasteiger charge is 2.23. The highest BCUT2D eigenvalue weighted by Crippen LogP contribution is 2.27. The van der Waals surface area contributed by atoms with Gasteiger partial charge in [0.05, 0.1) is 33.1 Å². The zero-order valence-electron chi connectivity index (χ0n) is 50.2. The fraction of sp³-hybridized carbons (Fsp3) is 0.262. The molecule has 0 aromatic heterocycles. The second kappa shape index (κ2) is 27.1. The maximum Gasteiger partial charge on any atom is 0.349 e. The molecule has 24 heteroatoms. The van der Waals surface area contributed by atoms with Crippen molar-refractivity contribution in [1.82, 2.24) is 74.1 Å². The number of aromatic nitrogens is 12. The maximum atomic E-state index is 12.4. The number of H-pyrrole nitrogens is 3. The van der Waals surface area contributed by atoms with Crippen molar-refractivity contribution in [1.29, 1.82) is 0 Å². The summed E-state index contributed by atoms with van der Waals surface area (Å²) in [5.74, 6) is 0.891. The number of hydrogen-bond donors (Lipinski definition) is 5. The average Bonchev–Trinajstić information content (AvgIpc) is 1.74. The molecule has 6 aliphatic heterocycles. The van der Waals surface area contributed by atoms with Crippen molar-refractivity contribution < 1.29 is 0 Å². The van der Waals surface area contributed by atoms with Crippen molar-refractivity contribution in [2.45, 2.75) is 87.7 Å². The van der Waals surface area contributed by atoms with Gasteiger partial charge in [0.15, 0.2) is 34.6 Å². The summed E-state index contributed by atoms with van der Waals surface area (Å²) in [5, 5.41) is 8.92. The summed E-state index contributed by atoms with van der Waals surface area (Å²) >= 11 is 18.0. The minimum absolute atomic E-state index is 0.162. The maximum absolute atomic E-state index is 12.4. The van der Waals surface area contributed by atoms with Crippen LogP contribution in [0.25, 0.3) is 67.7 Å². The van der Waals surface area contributed by atoms with Crippen LogP contribution in [0.15, 0.2) is 132 Å². The van der Waals surface area contributed by atoms with Crippen LogP contribution in [0.1, 0.15) is 55.6 Å². The molecule has 6 aromatic carbocycles. The topological polar surface area (TPSA) is 269 Å². The molecule has 0 saturated heterocycles. The SMILES string of the molecule is Cc1cc2nc3c(=O)[nH]c(=O)nc-3n(CCN(C)Cc3ccc(Cl)cc3)c2cc1C.Cc1cc2nc3c(=O)[nH]c(=O)nc-3n(CCNCc3ccc(Cl)cc3C)c2cc1C.Cc1cc2nc3c(=O)[nH]c(=O)nc-3n(CCNCc3cccc(Cl)c3)c2cc1C. The summed E-state index contributed by atoms with van der Waals surface area (Å²) in [4.78, 5) is 107. The molecule has 0 atom stereocenters. The Morgan fingerprint density at radius 1 is 0.427 bits per heavy atom. The van der Waals surface area contributed by atoms with Crippen molar-refractivity contribution in [3.8, 4) is 34.6 Å². The van der Waals surface area contributed by atoms with E-state index in [0.717, 1.165) is 83.8 Å². The van der Waals surface area contributed by atoms with E-state index in [4.69, 9.17) is 34.8 Å². The number of aryl methyl sites for hydroxylation is 7. The summed E-state index contributed by atoms with van der Waals surface area (Å²) in [6, 6.07) is 33.2. The van der Waals surface area contributed by atoms with Gasteiger partial charge in [-0.25, -0.2) is 29.3 Å². The lowest BCUT2D eigenvalue weighted by Crippen LogP contribution is -2.30. The Kier molecular flexibility index (Phi) is 19.2. The number of hydrogen-bond acceptors (Lipinski definition) is 15. The van der Waals surface area contributed by atoms with Gasteiger partial charge in [-0.1, -0.05) is 65.1 Å². The lowest BCUT2D eigenvalue weighted by Gasteiger charge is -2.21. The van der Waals surface area contributed by atoms with Gasteiger partial charge in [-0.05, 0) is 184 Å². The number of halogens is 3. The van der Waals surface area contributed by atoms with E-state index in [0.29, 0.717) is 96.4 Å². The molecule has 12 rings (SSSR count). The number of benzene rings is 6. The molecule has 0 bridgehead atoms. The normalized spacial score (nSPS) is 11.5. The zero-order chi connectivity index (χ0) is 63.4. The molecule has 456 valence electrons. The molecule has 21 nitrogen and oxygen atoms in total. The van der Waals surface area contributed by atoms with E-state index in [9.17, 15) is 28.8 Å². The largest absolute Gasteiger partial charge is 0.349 e. The average molecular weight is 1260 g/mol. The summed E-state index contributed by atoms with van der Waals surface area (Å²) in [6.07, 6.45) is 0. The van der Waals surface area contributed by atoms with Crippen LogP contribution in [0.3, 0.4) is 0 Å². The molecular weight excluding hydrogens is 1190 g/mol. The lowest BCUT2D eigenvalue weighted by atomic mass is 10.1. The highest BCUT2D eigenvalue weighted by atomic mass is 35.5. The van der Waals surface area contributed by atoms with Crippen molar-refractivity contribution in [2.24, 2.45) is 0 Å². The number of rotatable bonds is 15. The number of aromatic amines is 3. The Hall–Kier alpha value is -9.09. The zero-order valence-corrected chi connectivity index (χ0v) is 52.5. The van der Waals surface area contributed by atoms with Gasteiger partial charge in [-0.2, -0.15) is 15.0 Å². The second-order valence-electron chi connectivity index (χ2n) is 22.1. The Morgan fingerprint density at radius 2 is 0.831 bits per heavy atom. The standard InChI is InChI=1S/2C22H22ClN5O2.C21H20ClN5O2/c1-13-10-17-18(11-14(13)2)28(20-19(24-17)21(29)26-22(30)25-20)9-8-27(3)12-15-4-6-16(23)7-5-15;1-12-9-17-18(10-13(12)2)28(20-19(25-17)21(29)27-22(30)26-20)7-6-24-11-15-4-5-16(23)8-14(15)3;1-12-8-16-17(9-13(12)2)27(19-18(24-16)20(28)26-21(29)25-19)7-6-23-11-14-4-3-5-15(22)10-14/h4-7,10-11H,8-9,12H2,1-3H3,(H,26,29,30);4-5,8-10,24H,6-7,11H2,1-3H3,(H,27,29,30);3-5,8-10,23H,6-7,11H2,1-2H3,(H,26,28,29). The van der Waals surface area contributed by atoms with Gasteiger partial charge in [-0.15, -0.1) is 0 Å². The molecule has 0 unspecified atom stereocenters. The molecule has 6 heterocycles. The van der Waals surface area contributed by atoms with Gasteiger partial charge in [0.25, 0.3) is 16.7 Å². The van der Waals surface area contributed by atoms with Crippen LogP contribution >= 0.6 is 34.8 Å². The van der Waals surface area contributed by atoms with Crippen LogP contribution in [0, 0.1) is 48.5 Å². The smallest absolute Gasteiger partial charge is 0.321 e. The van der Waals surface area contributed by atoms with Gasteiger partial charge >= 0.3 is 17.1 Å². The first-order chi connectivity index (χ1) is 42.6. The molecule has 0 saturated carbocycles. The molecule has 0 radical (unpaired) electrons. The van der Waals surface area contributed by atoms with Crippen molar-refractivity contribution >= 4 is 67.9 Å². The Labute approximate surface area is 524 Å². The third-order valence-corrected chi connectivity index (χ3v) is 16.3. The summed E-state index contributed by atoms with van der Waals surface area (Å²) in [5.41, 5.74) is 12.6. The minimum Gasteiger partial charge on any atom is -0.321 e. The molecule has 6 aromatic rings. The first kappa shape index (κ1) is 62.9. The van der Waals surface area contributed by atoms with Crippen LogP contribution in [0.4, 0.5) is 0 Å². The molecule has 0 aliphatic carbocycles. The summed E-state index contributed by atoms with van der Waals surface area (Å²) < 4.78 is 5.69. The van der Waals surface area contributed by atoms with Gasteiger partial charge in [0.1, 0.15) is 0 Å². The van der Waals surface area contributed by atoms with Crippen LogP contribution in [0.5, 0.6) is 0 Å². The molecule has 6 aliphatic rings. The van der Waals surface area contributed by atoms with Crippen molar-refractivity contribution in [3.05, 3.63) is 236 Å². The minimum atomic E-state index is -0.673. The van der Waals surface area contributed by atoms with E-state index < -0.39 is 33.7 Å². The molecular formula is C65H64Cl3N15O6. The third-order valence-electron chi connectivity index (χ3n) is 15.6. The first-order valence-electron chi connectivity index (χ1n) is 28.7. The number of nitrogens with one attached hydrogen (secondary N) is 5. The van der Waals surface area contributed by atoms with Gasteiger partial charge in [0.2, 0.25) is 0 Å². The second-order valence-corrected chi connectivity index (χ2v) is 23.4. The van der Waals surface area contributed by atoms with E-state index in [1.165, 1.54) is 0 Å². The molecule has 0 amide bonds. The molecule has 5 N–H and O–H groups in total. The van der Waals surface area contributed by atoms with E-state index in [-0.39, 0.29) is 17.1 Å². The van der Waals surface area contributed by atoms with Gasteiger partial charge < -0.3 is 29.2 Å². The van der Waals surface area contributed by atoms with Crippen LogP contribution < -0.4 is 44.4 Å². The lowest BCUT2D eigenvalue weighted by molar-refractivity contribution is 0.313. The molecule has 0 fully saturated rings. The number of fused-ring (bicyclic) bond motifs is 6. The fourth-order valence-corrected chi connectivity index (χ4v) is 11.0. The van der Waals surface area contributed by atoms with Crippen LogP contribution in [-0.4, -0.2) is 90.1 Å². The fourth-order valence-electron chi connectivity index (χ4n) is 10.4. The van der Waals surface area contributed by atoms with E-state index in [1.807, 2.05) is 172 Å². The first-order valence-corrected chi connectivity index (χ1v) is 29.8. The van der Waals surface area contributed by atoms with E-state index >= 15 is 0 Å². The predicted octanol–water partition coefficient (Wildman–Crippen LogP) is 8.58. The monoisotopic (exact) mass is 1260 g/mol. The molecule has 0 spiro atoms. The van der Waals surface area contributed by atoms with Gasteiger partial charge in [0, 0.05) is 74.0 Å². The van der Waals surface area contributed by atoms with Crippen molar-refractivity contribution in [3.63, 3.8) is 0 Å².